The highest BCUT2D eigenvalue weighted by molar-refractivity contribution is 5.27. The van der Waals surface area contributed by atoms with Crippen LogP contribution >= 0.6 is 0 Å². The zero-order valence-corrected chi connectivity index (χ0v) is 11.8. The third-order valence-corrected chi connectivity index (χ3v) is 2.41. The molecule has 1 aromatic carbocycles. The summed E-state index contributed by atoms with van der Waals surface area (Å²) in [6.45, 7) is 8.96. The molecule has 19 heavy (non-hydrogen) atoms. The van der Waals surface area contributed by atoms with Crippen LogP contribution in [0.4, 0.5) is 13.2 Å². The number of alkyl halides is 3. The molecule has 1 aromatic rings. The largest absolute Gasteiger partial charge is 0.416 e. The molecule has 0 aromatic heterocycles. The molecule has 0 amide bonds. The van der Waals surface area contributed by atoms with Gasteiger partial charge in [0.1, 0.15) is 5.60 Å². The van der Waals surface area contributed by atoms with E-state index in [1.807, 2.05) is 20.8 Å². The van der Waals surface area contributed by atoms with Gasteiger partial charge in [-0.1, -0.05) is 12.1 Å². The third kappa shape index (κ3) is 4.84. The lowest BCUT2D eigenvalue weighted by atomic mass is 9.97. The van der Waals surface area contributed by atoms with Gasteiger partial charge in [0.2, 0.25) is 0 Å². The second-order valence-electron chi connectivity index (χ2n) is 5.86. The van der Waals surface area contributed by atoms with E-state index in [-0.39, 0.29) is 0 Å². The Hall–Kier alpha value is -1.07. The van der Waals surface area contributed by atoms with Gasteiger partial charge in [0, 0.05) is 0 Å². The van der Waals surface area contributed by atoms with Crippen LogP contribution in [0.25, 0.3) is 0 Å². The molecule has 0 spiro atoms. The van der Waals surface area contributed by atoms with Gasteiger partial charge in [-0.25, -0.2) is 9.78 Å². The van der Waals surface area contributed by atoms with Crippen LogP contribution in [0.2, 0.25) is 0 Å². The number of halogens is 3. The molecule has 0 saturated heterocycles. The molecule has 0 atom stereocenters. The Balaban J connectivity index is 2.85. The minimum Gasteiger partial charge on any atom is -0.230 e. The summed E-state index contributed by atoms with van der Waals surface area (Å²) >= 11 is 0. The van der Waals surface area contributed by atoms with Crippen LogP contribution in [-0.4, -0.2) is 5.60 Å². The minimum absolute atomic E-state index is 0.483. The van der Waals surface area contributed by atoms with E-state index < -0.39 is 22.9 Å². The molecule has 0 aliphatic heterocycles. The normalized spacial score (nSPS) is 13.7. The Morgan fingerprint density at radius 3 is 1.53 bits per heavy atom. The Kier molecular flexibility index (Phi) is 4.32. The van der Waals surface area contributed by atoms with E-state index in [0.717, 1.165) is 12.1 Å². The van der Waals surface area contributed by atoms with Crippen molar-refractivity contribution in [1.29, 1.82) is 0 Å². The maximum absolute atomic E-state index is 12.5. The predicted octanol–water partition coefficient (Wildman–Crippen LogP) is 4.69. The summed E-state index contributed by atoms with van der Waals surface area (Å²) in [5.74, 6) is 0. The number of hydrogen-bond acceptors (Lipinski definition) is 2. The van der Waals surface area contributed by atoms with Gasteiger partial charge in [-0.05, 0) is 52.3 Å². The molecule has 0 saturated carbocycles. The lowest BCUT2D eigenvalue weighted by molar-refractivity contribution is -0.401. The molecule has 0 aliphatic carbocycles. The summed E-state index contributed by atoms with van der Waals surface area (Å²) in [5, 5.41) is 0. The lowest BCUT2D eigenvalue weighted by Crippen LogP contribution is -2.28. The first-order chi connectivity index (χ1) is 8.42. The highest BCUT2D eigenvalue weighted by Gasteiger charge is 2.32. The first-order valence-corrected chi connectivity index (χ1v) is 5.96. The summed E-state index contributed by atoms with van der Waals surface area (Å²) < 4.78 is 37.4. The Bertz CT molecular complexity index is 414. The molecule has 0 fully saturated rings. The van der Waals surface area contributed by atoms with Gasteiger partial charge in [0.05, 0.1) is 11.2 Å². The van der Waals surface area contributed by atoms with E-state index in [1.165, 1.54) is 12.1 Å². The smallest absolute Gasteiger partial charge is 0.230 e. The first kappa shape index (κ1) is 16.0. The topological polar surface area (TPSA) is 18.5 Å². The molecular formula is C14H19F3O2. The zero-order chi connectivity index (χ0) is 14.9. The Morgan fingerprint density at radius 2 is 1.16 bits per heavy atom. The standard InChI is InChI=1S/C14H19F3O2/c1-12(2,3)18-19-13(4,5)10-6-8-11(9-7-10)14(15,16)17/h6-9H,1-5H3. The van der Waals surface area contributed by atoms with Crippen LogP contribution in [0.3, 0.4) is 0 Å². The Morgan fingerprint density at radius 1 is 0.737 bits per heavy atom. The highest BCUT2D eigenvalue weighted by Crippen LogP contribution is 2.32. The third-order valence-electron chi connectivity index (χ3n) is 2.41. The van der Waals surface area contributed by atoms with E-state index in [4.69, 9.17) is 9.78 Å². The monoisotopic (exact) mass is 276 g/mol. The summed E-state index contributed by atoms with van der Waals surface area (Å²) in [6.07, 6.45) is -4.33. The lowest BCUT2D eigenvalue weighted by Gasteiger charge is -2.29. The van der Waals surface area contributed by atoms with E-state index in [9.17, 15) is 13.2 Å². The fourth-order valence-corrected chi connectivity index (χ4v) is 1.34. The van der Waals surface area contributed by atoms with Crippen LogP contribution in [0, 0.1) is 0 Å². The van der Waals surface area contributed by atoms with Gasteiger partial charge in [-0.2, -0.15) is 13.2 Å². The average Bonchev–Trinajstić information content (AvgIpc) is 2.25. The minimum atomic E-state index is -4.33. The molecule has 0 N–H and O–H groups in total. The van der Waals surface area contributed by atoms with Crippen LogP contribution < -0.4 is 0 Å². The fraction of sp³-hybridized carbons (Fsp3) is 0.571. The summed E-state index contributed by atoms with van der Waals surface area (Å²) in [6, 6.07) is 4.87. The molecule has 0 radical (unpaired) electrons. The van der Waals surface area contributed by atoms with Crippen molar-refractivity contribution in [1.82, 2.24) is 0 Å². The summed E-state index contributed by atoms with van der Waals surface area (Å²) in [7, 11) is 0. The van der Waals surface area contributed by atoms with Crippen LogP contribution in [0.5, 0.6) is 0 Å². The second-order valence-corrected chi connectivity index (χ2v) is 5.86. The summed E-state index contributed by atoms with van der Waals surface area (Å²) in [4.78, 5) is 10.5. The maximum atomic E-state index is 12.5. The SMILES string of the molecule is CC(C)(C)OOC(C)(C)c1ccc(C(F)(F)F)cc1. The fourth-order valence-electron chi connectivity index (χ4n) is 1.34. The molecule has 0 unspecified atom stereocenters. The molecular weight excluding hydrogens is 257 g/mol. The molecule has 0 aliphatic rings. The zero-order valence-electron chi connectivity index (χ0n) is 11.8. The molecule has 0 heterocycles. The van der Waals surface area contributed by atoms with Crippen LogP contribution in [-0.2, 0) is 21.6 Å². The van der Waals surface area contributed by atoms with Crippen LogP contribution in [0.15, 0.2) is 24.3 Å². The van der Waals surface area contributed by atoms with Gasteiger partial charge in [0.15, 0.2) is 0 Å². The van der Waals surface area contributed by atoms with Crippen molar-refractivity contribution in [3.8, 4) is 0 Å². The first-order valence-electron chi connectivity index (χ1n) is 5.96. The van der Waals surface area contributed by atoms with E-state index >= 15 is 0 Å². The van der Waals surface area contributed by atoms with Crippen molar-refractivity contribution in [3.05, 3.63) is 35.4 Å². The van der Waals surface area contributed by atoms with Gasteiger partial charge in [-0.15, -0.1) is 0 Å². The molecule has 5 heteroatoms. The molecule has 2 nitrogen and oxygen atoms in total. The highest BCUT2D eigenvalue weighted by atomic mass is 19.4. The van der Waals surface area contributed by atoms with Crippen LogP contribution in [0.1, 0.15) is 45.7 Å². The van der Waals surface area contributed by atoms with Gasteiger partial charge >= 0.3 is 6.18 Å². The average molecular weight is 276 g/mol. The van der Waals surface area contributed by atoms with Crippen molar-refractivity contribution in [2.24, 2.45) is 0 Å². The van der Waals surface area contributed by atoms with Gasteiger partial charge < -0.3 is 0 Å². The second kappa shape index (κ2) is 5.13. The summed E-state index contributed by atoms with van der Waals surface area (Å²) in [5.41, 5.74) is -1.37. The van der Waals surface area contributed by atoms with Crippen molar-refractivity contribution in [2.45, 2.75) is 52.0 Å². The van der Waals surface area contributed by atoms with Crippen molar-refractivity contribution >= 4 is 0 Å². The van der Waals surface area contributed by atoms with E-state index in [0.29, 0.717) is 5.56 Å². The maximum Gasteiger partial charge on any atom is 0.416 e. The van der Waals surface area contributed by atoms with Gasteiger partial charge in [-0.3, -0.25) is 0 Å². The predicted molar refractivity (Wildman–Crippen MR) is 66.4 cm³/mol. The molecule has 1 rings (SSSR count). The Labute approximate surface area is 111 Å². The molecule has 0 bridgehead atoms. The molecule has 108 valence electrons. The number of rotatable bonds is 3. The van der Waals surface area contributed by atoms with Crippen molar-refractivity contribution < 1.29 is 22.9 Å². The van der Waals surface area contributed by atoms with Gasteiger partial charge in [0.25, 0.3) is 0 Å². The van der Waals surface area contributed by atoms with E-state index in [1.54, 1.807) is 13.8 Å². The number of hydrogen-bond donors (Lipinski definition) is 0. The number of benzene rings is 1. The quantitative estimate of drug-likeness (QED) is 0.589. The van der Waals surface area contributed by atoms with E-state index in [2.05, 4.69) is 0 Å². The van der Waals surface area contributed by atoms with Crippen molar-refractivity contribution in [2.75, 3.05) is 0 Å². The van der Waals surface area contributed by atoms with Crippen molar-refractivity contribution in [3.63, 3.8) is 0 Å².